The lowest BCUT2D eigenvalue weighted by Crippen LogP contribution is -2.59. The molecule has 0 aromatic carbocycles. The second-order valence-electron chi connectivity index (χ2n) is 8.49. The fourth-order valence-electron chi connectivity index (χ4n) is 3.90. The molecule has 8 heteroatoms. The van der Waals surface area contributed by atoms with Gasteiger partial charge in [-0.05, 0) is 69.2 Å². The molecule has 186 valence electrons. The molecule has 0 amide bonds. The number of anilines is 1. The number of thioether (sulfide) groups is 1. The Kier molecular flexibility index (Phi) is 10.8. The lowest BCUT2D eigenvalue weighted by atomic mass is 10.1. The number of nitrogens with two attached hydrogens (primary N) is 1. The van der Waals surface area contributed by atoms with Crippen molar-refractivity contribution in [3.63, 3.8) is 0 Å². The van der Waals surface area contributed by atoms with Crippen LogP contribution in [0.3, 0.4) is 0 Å². The minimum Gasteiger partial charge on any atom is -0.405 e. The molecule has 3 atom stereocenters. The maximum Gasteiger partial charge on any atom is 0.136 e. The quantitative estimate of drug-likeness (QED) is 0.334. The predicted molar refractivity (Wildman–Crippen MR) is 151 cm³/mol. The Morgan fingerprint density at radius 3 is 3.06 bits per heavy atom. The van der Waals surface area contributed by atoms with Crippen LogP contribution in [0.4, 0.5) is 5.69 Å². The van der Waals surface area contributed by atoms with Crippen LogP contribution >= 0.6 is 23.1 Å². The van der Waals surface area contributed by atoms with E-state index in [2.05, 4.69) is 88.6 Å². The molecule has 5 N–H and O–H groups in total. The van der Waals surface area contributed by atoms with Crippen molar-refractivity contribution >= 4 is 28.8 Å². The van der Waals surface area contributed by atoms with Gasteiger partial charge in [-0.15, -0.1) is 23.1 Å². The number of rotatable bonds is 11. The van der Waals surface area contributed by atoms with E-state index in [1.807, 2.05) is 19.1 Å². The van der Waals surface area contributed by atoms with Crippen molar-refractivity contribution in [1.29, 1.82) is 0 Å². The molecular formula is C26H40N6S2. The SMILES string of the molecule is C\C=C/C=C(\C=C\N)SC1NC(NC2C=CC(NCCN(C)CC)=CCC2)N(C)c2ccsc21. The molecule has 0 bridgehead atoms. The van der Waals surface area contributed by atoms with Gasteiger partial charge in [0.15, 0.2) is 0 Å². The number of fused-ring (bicyclic) bond motifs is 1. The predicted octanol–water partition coefficient (Wildman–Crippen LogP) is 4.47. The first-order valence-corrected chi connectivity index (χ1v) is 13.8. The van der Waals surface area contributed by atoms with Gasteiger partial charge < -0.3 is 20.9 Å². The second-order valence-corrected chi connectivity index (χ2v) is 10.6. The van der Waals surface area contributed by atoms with E-state index in [1.165, 1.54) is 16.3 Å². The van der Waals surface area contributed by atoms with E-state index >= 15 is 0 Å². The summed E-state index contributed by atoms with van der Waals surface area (Å²) in [5, 5.41) is 13.6. The first-order chi connectivity index (χ1) is 16.5. The third-order valence-electron chi connectivity index (χ3n) is 6.04. The number of nitrogens with one attached hydrogen (secondary N) is 3. The average Bonchev–Trinajstić information content (AvgIpc) is 3.23. The lowest BCUT2D eigenvalue weighted by Gasteiger charge is -2.41. The fourth-order valence-corrected chi connectivity index (χ4v) is 6.09. The molecular weight excluding hydrogens is 460 g/mol. The lowest BCUT2D eigenvalue weighted by molar-refractivity contribution is 0.355. The van der Waals surface area contributed by atoms with E-state index in [9.17, 15) is 0 Å². The molecule has 1 aliphatic carbocycles. The molecule has 6 nitrogen and oxygen atoms in total. The molecule has 34 heavy (non-hydrogen) atoms. The van der Waals surface area contributed by atoms with Crippen molar-refractivity contribution in [3.8, 4) is 0 Å². The first kappa shape index (κ1) is 26.6. The van der Waals surface area contributed by atoms with Crippen molar-refractivity contribution in [3.05, 3.63) is 75.7 Å². The van der Waals surface area contributed by atoms with E-state index in [-0.39, 0.29) is 11.7 Å². The van der Waals surface area contributed by atoms with Gasteiger partial charge in [-0.25, -0.2) is 0 Å². The summed E-state index contributed by atoms with van der Waals surface area (Å²) in [4.78, 5) is 7.09. The largest absolute Gasteiger partial charge is 0.405 e. The van der Waals surface area contributed by atoms with Crippen LogP contribution in [0.5, 0.6) is 0 Å². The van der Waals surface area contributed by atoms with E-state index in [0.29, 0.717) is 6.04 Å². The Bertz CT molecular complexity index is 916. The zero-order chi connectivity index (χ0) is 24.3. The summed E-state index contributed by atoms with van der Waals surface area (Å²) < 4.78 is 0. The molecule has 3 rings (SSSR count). The topological polar surface area (TPSA) is 68.6 Å². The maximum absolute atomic E-state index is 5.71. The average molecular weight is 501 g/mol. The van der Waals surface area contributed by atoms with Crippen LogP contribution < -0.4 is 26.6 Å². The Balaban J connectivity index is 1.65. The van der Waals surface area contributed by atoms with Crippen LogP contribution in [0.25, 0.3) is 0 Å². The summed E-state index contributed by atoms with van der Waals surface area (Å²) in [6.07, 6.45) is 18.8. The summed E-state index contributed by atoms with van der Waals surface area (Å²) in [6.45, 7) is 7.30. The van der Waals surface area contributed by atoms with Gasteiger partial charge in [0.2, 0.25) is 0 Å². The van der Waals surface area contributed by atoms with Crippen LogP contribution in [0.15, 0.2) is 70.8 Å². The number of hydrogen-bond donors (Lipinski definition) is 4. The molecule has 0 fully saturated rings. The summed E-state index contributed by atoms with van der Waals surface area (Å²) in [5.74, 6) is 0. The second kappa shape index (κ2) is 13.8. The van der Waals surface area contributed by atoms with Crippen LogP contribution in [0.2, 0.25) is 0 Å². The number of nitrogens with zero attached hydrogens (tertiary/aromatic N) is 2. The van der Waals surface area contributed by atoms with Crippen molar-refractivity contribution in [2.75, 3.05) is 38.6 Å². The summed E-state index contributed by atoms with van der Waals surface area (Å²) in [6, 6.07) is 2.51. The van der Waals surface area contributed by atoms with Gasteiger partial charge in [-0.3, -0.25) is 10.6 Å². The summed E-state index contributed by atoms with van der Waals surface area (Å²) >= 11 is 3.59. The third kappa shape index (κ3) is 7.52. The molecule has 0 spiro atoms. The zero-order valence-electron chi connectivity index (χ0n) is 20.8. The summed E-state index contributed by atoms with van der Waals surface area (Å²) in [7, 11) is 4.31. The van der Waals surface area contributed by atoms with Crippen LogP contribution in [0, 0.1) is 0 Å². The Labute approximate surface area is 213 Å². The zero-order valence-corrected chi connectivity index (χ0v) is 22.5. The minimum absolute atomic E-state index is 0.0341. The van der Waals surface area contributed by atoms with Gasteiger partial charge in [-0.1, -0.05) is 31.2 Å². The van der Waals surface area contributed by atoms with E-state index in [0.717, 1.165) is 37.4 Å². The van der Waals surface area contributed by atoms with Crippen LogP contribution in [-0.4, -0.2) is 51.0 Å². The van der Waals surface area contributed by atoms with Crippen molar-refractivity contribution in [1.82, 2.24) is 20.9 Å². The molecule has 0 saturated heterocycles. The molecule has 2 aliphatic rings. The van der Waals surface area contributed by atoms with Crippen LogP contribution in [0.1, 0.15) is 36.9 Å². The highest BCUT2D eigenvalue weighted by Crippen LogP contribution is 2.44. The van der Waals surface area contributed by atoms with E-state index in [1.54, 1.807) is 29.3 Å². The molecule has 3 unspecified atom stereocenters. The molecule has 0 saturated carbocycles. The molecule has 1 aromatic rings. The highest BCUT2D eigenvalue weighted by atomic mass is 32.2. The number of likely N-dealkylation sites (N-methyl/N-ethyl adjacent to an activating group) is 1. The fraction of sp³-hybridized carbons (Fsp3) is 0.462. The van der Waals surface area contributed by atoms with Crippen LogP contribution in [-0.2, 0) is 0 Å². The van der Waals surface area contributed by atoms with Gasteiger partial charge in [0.05, 0.1) is 15.9 Å². The number of allylic oxidation sites excluding steroid dienone is 6. The summed E-state index contributed by atoms with van der Waals surface area (Å²) in [5.41, 5.74) is 8.21. The Hall–Kier alpha value is -1.97. The standard InChI is InChI=1S/C26H40N6S2/c1-5-7-11-22(14-16-27)34-25-24-23(15-19-33-24)32(4)26(30-25)29-21-10-8-9-20(12-13-21)28-17-18-31(3)6-2/h5,7,9,11-16,19,21,25-26,28-30H,6,8,10,17-18,27H2,1-4H3/b7-5-,16-14+,22-11+. The van der Waals surface area contributed by atoms with Gasteiger partial charge >= 0.3 is 0 Å². The molecule has 1 aliphatic heterocycles. The normalized spacial score (nSPS) is 23.6. The van der Waals surface area contributed by atoms with Crippen molar-refractivity contribution in [2.24, 2.45) is 5.73 Å². The van der Waals surface area contributed by atoms with Crippen molar-refractivity contribution < 1.29 is 0 Å². The monoisotopic (exact) mass is 500 g/mol. The Morgan fingerprint density at radius 1 is 1.44 bits per heavy atom. The highest BCUT2D eigenvalue weighted by Gasteiger charge is 2.32. The number of thiophene rings is 1. The smallest absolute Gasteiger partial charge is 0.136 e. The number of hydrogen-bond acceptors (Lipinski definition) is 8. The van der Waals surface area contributed by atoms with Gasteiger partial charge in [-0.2, -0.15) is 0 Å². The molecule has 0 radical (unpaired) electrons. The highest BCUT2D eigenvalue weighted by molar-refractivity contribution is 8.03. The third-order valence-corrected chi connectivity index (χ3v) is 8.31. The van der Waals surface area contributed by atoms with Gasteiger partial charge in [0.1, 0.15) is 6.29 Å². The first-order valence-electron chi connectivity index (χ1n) is 12.1. The van der Waals surface area contributed by atoms with E-state index < -0.39 is 0 Å². The Morgan fingerprint density at radius 2 is 2.29 bits per heavy atom. The van der Waals surface area contributed by atoms with E-state index in [4.69, 9.17) is 5.73 Å². The molecule has 1 aromatic heterocycles. The molecule has 2 heterocycles. The minimum atomic E-state index is 0.0341. The maximum atomic E-state index is 5.71. The van der Waals surface area contributed by atoms with Gasteiger partial charge in [0, 0.05) is 36.8 Å². The van der Waals surface area contributed by atoms with Gasteiger partial charge in [0.25, 0.3) is 0 Å². The van der Waals surface area contributed by atoms with Crippen molar-refractivity contribution in [2.45, 2.75) is 44.4 Å².